The number of carbonyl (C=O) groups is 1. The fourth-order valence-electron chi connectivity index (χ4n) is 6.05. The van der Waals surface area contributed by atoms with Gasteiger partial charge < -0.3 is 9.64 Å². The number of rotatable bonds is 4. The molecule has 3 heterocycles. The molecule has 2 bridgehead atoms. The minimum absolute atomic E-state index is 0.0703. The summed E-state index contributed by atoms with van der Waals surface area (Å²) >= 11 is 0. The number of methoxy groups -OCH3 is 1. The quantitative estimate of drug-likeness (QED) is 0.531. The molecular formula is C25H28F2N4O2. The standard InChI is InChI=1S/C25H28F2N4O2/c1-24(2)10-16-11-25(3,13-24)14-30(16)23(32)18-12-28-31-20(21(26)27)9-19(29-22(18)31)15-5-7-17(33-4)8-6-15/h5-9,12,16,21H,10-11,13-14H2,1-4H3/t16-,25+/m1/s1. The Balaban J connectivity index is 1.58. The van der Waals surface area contributed by atoms with Gasteiger partial charge in [-0.15, -0.1) is 0 Å². The van der Waals surface area contributed by atoms with Crippen LogP contribution in [0.4, 0.5) is 8.78 Å². The maximum Gasteiger partial charge on any atom is 0.280 e. The number of amides is 1. The van der Waals surface area contributed by atoms with Crippen LogP contribution >= 0.6 is 0 Å². The lowest BCUT2D eigenvalue weighted by atomic mass is 9.65. The molecule has 6 nitrogen and oxygen atoms in total. The molecule has 5 rings (SSSR count). The largest absolute Gasteiger partial charge is 0.497 e. The zero-order valence-corrected chi connectivity index (χ0v) is 19.3. The fourth-order valence-corrected chi connectivity index (χ4v) is 6.05. The molecule has 174 valence electrons. The van der Waals surface area contributed by atoms with Gasteiger partial charge in [-0.3, -0.25) is 4.79 Å². The van der Waals surface area contributed by atoms with Crippen LogP contribution < -0.4 is 4.74 Å². The molecule has 0 radical (unpaired) electrons. The summed E-state index contributed by atoms with van der Waals surface area (Å²) < 4.78 is 34.1. The molecule has 2 aliphatic rings. The predicted molar refractivity (Wildman–Crippen MR) is 120 cm³/mol. The summed E-state index contributed by atoms with van der Waals surface area (Å²) in [6.07, 6.45) is 1.57. The number of benzene rings is 1. The van der Waals surface area contributed by atoms with Gasteiger partial charge in [0.1, 0.15) is 17.0 Å². The Labute approximate surface area is 191 Å². The van der Waals surface area contributed by atoms with Crippen molar-refractivity contribution in [3.05, 3.63) is 47.8 Å². The van der Waals surface area contributed by atoms with E-state index in [-0.39, 0.29) is 39.7 Å². The highest BCUT2D eigenvalue weighted by atomic mass is 19.3. The van der Waals surface area contributed by atoms with Crippen molar-refractivity contribution >= 4 is 11.6 Å². The van der Waals surface area contributed by atoms with E-state index in [4.69, 9.17) is 4.74 Å². The van der Waals surface area contributed by atoms with Crippen molar-refractivity contribution in [3.63, 3.8) is 0 Å². The highest BCUT2D eigenvalue weighted by Gasteiger charge is 2.51. The molecule has 2 fully saturated rings. The van der Waals surface area contributed by atoms with E-state index in [0.717, 1.165) is 23.8 Å². The number of halogens is 2. The van der Waals surface area contributed by atoms with Crippen molar-refractivity contribution in [2.24, 2.45) is 10.8 Å². The molecule has 1 saturated heterocycles. The van der Waals surface area contributed by atoms with Crippen LogP contribution in [0.25, 0.3) is 16.9 Å². The molecule has 1 aliphatic heterocycles. The van der Waals surface area contributed by atoms with Gasteiger partial charge in [-0.1, -0.05) is 20.8 Å². The third kappa shape index (κ3) is 3.75. The summed E-state index contributed by atoms with van der Waals surface area (Å²) in [6.45, 7) is 7.40. The summed E-state index contributed by atoms with van der Waals surface area (Å²) in [4.78, 5) is 20.2. The second-order valence-electron chi connectivity index (χ2n) is 10.5. The molecule has 1 aromatic carbocycles. The monoisotopic (exact) mass is 454 g/mol. The Morgan fingerprint density at radius 1 is 1.18 bits per heavy atom. The molecule has 0 unspecified atom stereocenters. The summed E-state index contributed by atoms with van der Waals surface area (Å²) in [5.74, 6) is 0.474. The van der Waals surface area contributed by atoms with Gasteiger partial charge in [0.2, 0.25) is 0 Å². The second-order valence-corrected chi connectivity index (χ2v) is 10.5. The Hall–Kier alpha value is -3.03. The number of carbonyl (C=O) groups excluding carboxylic acids is 1. The van der Waals surface area contributed by atoms with E-state index in [1.165, 1.54) is 12.3 Å². The summed E-state index contributed by atoms with van der Waals surface area (Å²) in [7, 11) is 1.56. The van der Waals surface area contributed by atoms with Crippen LogP contribution in [-0.2, 0) is 0 Å². The van der Waals surface area contributed by atoms with Crippen molar-refractivity contribution in [2.45, 2.75) is 52.5 Å². The number of aromatic nitrogens is 3. The molecule has 8 heteroatoms. The van der Waals surface area contributed by atoms with Crippen LogP contribution in [0.15, 0.2) is 36.5 Å². The van der Waals surface area contributed by atoms with Gasteiger partial charge in [0.05, 0.1) is 19.0 Å². The van der Waals surface area contributed by atoms with E-state index in [9.17, 15) is 13.6 Å². The lowest BCUT2D eigenvalue weighted by Gasteiger charge is -2.39. The van der Waals surface area contributed by atoms with Crippen molar-refractivity contribution in [1.29, 1.82) is 0 Å². The second kappa shape index (κ2) is 7.50. The topological polar surface area (TPSA) is 59.7 Å². The molecular weight excluding hydrogens is 426 g/mol. The molecule has 1 aliphatic carbocycles. The van der Waals surface area contributed by atoms with Crippen LogP contribution in [0.3, 0.4) is 0 Å². The van der Waals surface area contributed by atoms with E-state index in [1.807, 2.05) is 4.90 Å². The van der Waals surface area contributed by atoms with E-state index in [2.05, 4.69) is 30.9 Å². The highest BCUT2D eigenvalue weighted by molar-refractivity contribution is 6.00. The number of fused-ring (bicyclic) bond motifs is 3. The van der Waals surface area contributed by atoms with Crippen LogP contribution in [0.5, 0.6) is 5.75 Å². The van der Waals surface area contributed by atoms with Crippen molar-refractivity contribution in [1.82, 2.24) is 19.5 Å². The maximum absolute atomic E-state index is 13.9. The first-order valence-corrected chi connectivity index (χ1v) is 11.2. The number of hydrogen-bond acceptors (Lipinski definition) is 4. The SMILES string of the molecule is COc1ccc(-c2cc(C(F)F)n3ncc(C(=O)N4C[C@@]5(C)C[C@H]4CC(C)(C)C5)c3n2)cc1. The molecule has 2 aromatic heterocycles. The van der Waals surface area contributed by atoms with Gasteiger partial charge in [0.15, 0.2) is 5.65 Å². The first kappa shape index (κ1) is 21.8. The number of ether oxygens (including phenoxy) is 1. The zero-order chi connectivity index (χ0) is 23.5. The predicted octanol–water partition coefficient (Wildman–Crippen LogP) is 5.38. The zero-order valence-electron chi connectivity index (χ0n) is 19.3. The minimum Gasteiger partial charge on any atom is -0.497 e. The Morgan fingerprint density at radius 3 is 2.58 bits per heavy atom. The smallest absolute Gasteiger partial charge is 0.280 e. The first-order chi connectivity index (χ1) is 15.6. The van der Waals surface area contributed by atoms with Crippen LogP contribution in [0.1, 0.15) is 62.5 Å². The van der Waals surface area contributed by atoms with Gasteiger partial charge in [0.25, 0.3) is 12.3 Å². The fraction of sp³-hybridized carbons (Fsp3) is 0.480. The third-order valence-electron chi connectivity index (χ3n) is 7.01. The van der Waals surface area contributed by atoms with E-state index >= 15 is 0 Å². The molecule has 33 heavy (non-hydrogen) atoms. The van der Waals surface area contributed by atoms with E-state index in [0.29, 0.717) is 23.6 Å². The highest BCUT2D eigenvalue weighted by Crippen LogP contribution is 2.52. The summed E-state index contributed by atoms with van der Waals surface area (Å²) in [6, 6.07) is 8.49. The van der Waals surface area contributed by atoms with Crippen molar-refractivity contribution < 1.29 is 18.3 Å². The lowest BCUT2D eigenvalue weighted by molar-refractivity contribution is 0.0709. The van der Waals surface area contributed by atoms with Crippen LogP contribution in [0.2, 0.25) is 0 Å². The first-order valence-electron chi connectivity index (χ1n) is 11.2. The minimum atomic E-state index is -2.76. The van der Waals surface area contributed by atoms with Gasteiger partial charge in [-0.05, 0) is 60.4 Å². The Kier molecular flexibility index (Phi) is 4.95. The molecule has 0 spiro atoms. The normalized spacial score (nSPS) is 24.0. The Morgan fingerprint density at radius 2 is 1.91 bits per heavy atom. The van der Waals surface area contributed by atoms with Gasteiger partial charge in [-0.25, -0.2) is 18.3 Å². The van der Waals surface area contributed by atoms with Crippen molar-refractivity contribution in [3.8, 4) is 17.0 Å². The Bertz CT molecular complexity index is 1220. The maximum atomic E-state index is 13.9. The van der Waals surface area contributed by atoms with E-state index < -0.39 is 6.43 Å². The summed E-state index contributed by atoms with van der Waals surface area (Å²) in [5, 5.41) is 4.13. The molecule has 1 saturated carbocycles. The van der Waals surface area contributed by atoms with Crippen LogP contribution in [-0.4, -0.2) is 45.1 Å². The lowest BCUT2D eigenvalue weighted by Crippen LogP contribution is -2.37. The molecule has 2 atom stereocenters. The van der Waals surface area contributed by atoms with Gasteiger partial charge in [0, 0.05) is 18.2 Å². The average molecular weight is 455 g/mol. The van der Waals surface area contributed by atoms with Gasteiger partial charge in [-0.2, -0.15) is 5.10 Å². The number of hydrogen-bond donors (Lipinski definition) is 0. The van der Waals surface area contributed by atoms with Crippen LogP contribution in [0, 0.1) is 10.8 Å². The molecule has 3 aromatic rings. The molecule has 0 N–H and O–H groups in total. The third-order valence-corrected chi connectivity index (χ3v) is 7.01. The van der Waals surface area contributed by atoms with E-state index in [1.54, 1.807) is 31.4 Å². The number of likely N-dealkylation sites (tertiary alicyclic amines) is 1. The van der Waals surface area contributed by atoms with Gasteiger partial charge >= 0.3 is 0 Å². The molecule has 1 amide bonds. The average Bonchev–Trinajstić information content (AvgIpc) is 3.29. The number of nitrogens with zero attached hydrogens (tertiary/aromatic N) is 4. The number of alkyl halides is 2. The van der Waals surface area contributed by atoms with Crippen molar-refractivity contribution in [2.75, 3.05) is 13.7 Å². The summed E-state index contributed by atoms with van der Waals surface area (Å²) in [5.41, 5.74) is 1.39.